The molecule has 1 aromatic carbocycles. The molecule has 1 atom stereocenters. The molecule has 19 heavy (non-hydrogen) atoms. The zero-order valence-corrected chi connectivity index (χ0v) is 10.2. The highest BCUT2D eigenvalue weighted by atomic mass is 35.5. The quantitative estimate of drug-likeness (QED) is 0.805. The van der Waals surface area contributed by atoms with Gasteiger partial charge in [-0.2, -0.15) is 26.3 Å². The number of hydrogen-bond donors (Lipinski definition) is 1. The number of halogens is 7. The van der Waals surface area contributed by atoms with Gasteiger partial charge in [0.05, 0.1) is 10.6 Å². The van der Waals surface area contributed by atoms with E-state index in [4.69, 9.17) is 17.3 Å². The molecule has 2 N–H and O–H groups in total. The predicted octanol–water partition coefficient (Wildman–Crippen LogP) is 4.70. The molecular formula is C11H10ClF6N. The van der Waals surface area contributed by atoms with Crippen LogP contribution in [-0.2, 0) is 6.18 Å². The van der Waals surface area contributed by atoms with Crippen LogP contribution in [0.15, 0.2) is 18.2 Å². The van der Waals surface area contributed by atoms with Crippen molar-refractivity contribution in [2.75, 3.05) is 0 Å². The Bertz CT molecular complexity index is 440. The van der Waals surface area contributed by atoms with Crippen LogP contribution >= 0.6 is 11.6 Å². The van der Waals surface area contributed by atoms with Crippen molar-refractivity contribution in [1.29, 1.82) is 0 Å². The first kappa shape index (κ1) is 16.1. The number of nitrogens with two attached hydrogens (primary N) is 1. The van der Waals surface area contributed by atoms with E-state index >= 15 is 0 Å². The molecule has 0 spiro atoms. The summed E-state index contributed by atoms with van der Waals surface area (Å²) in [5.74, 6) is 0. The highest BCUT2D eigenvalue weighted by Gasteiger charge is 2.35. The van der Waals surface area contributed by atoms with Gasteiger partial charge in [0.1, 0.15) is 0 Å². The van der Waals surface area contributed by atoms with Crippen molar-refractivity contribution < 1.29 is 26.3 Å². The third-order valence-corrected chi connectivity index (χ3v) is 2.89. The van der Waals surface area contributed by atoms with E-state index in [1.807, 2.05) is 0 Å². The Morgan fingerprint density at radius 1 is 1.11 bits per heavy atom. The summed E-state index contributed by atoms with van der Waals surface area (Å²) in [4.78, 5) is 0. The number of alkyl halides is 6. The van der Waals surface area contributed by atoms with Crippen LogP contribution in [0, 0.1) is 0 Å². The third-order valence-electron chi connectivity index (χ3n) is 2.47. The molecule has 0 unspecified atom stereocenters. The van der Waals surface area contributed by atoms with E-state index in [0.717, 1.165) is 12.1 Å². The summed E-state index contributed by atoms with van der Waals surface area (Å²) in [6.07, 6.45) is -10.8. The molecule has 0 heterocycles. The van der Waals surface area contributed by atoms with Crippen molar-refractivity contribution >= 4 is 11.6 Å². The van der Waals surface area contributed by atoms with Gasteiger partial charge in [-0.1, -0.05) is 23.7 Å². The van der Waals surface area contributed by atoms with Crippen molar-refractivity contribution in [1.82, 2.24) is 0 Å². The Balaban J connectivity index is 2.96. The maximum absolute atomic E-state index is 12.6. The van der Waals surface area contributed by atoms with Crippen LogP contribution in [0.3, 0.4) is 0 Å². The number of rotatable bonds is 3. The predicted molar refractivity (Wildman–Crippen MR) is 58.7 cm³/mol. The molecule has 1 rings (SSSR count). The Kier molecular flexibility index (Phi) is 4.73. The molecule has 8 heteroatoms. The van der Waals surface area contributed by atoms with E-state index in [1.165, 1.54) is 6.07 Å². The first-order valence-electron chi connectivity index (χ1n) is 5.20. The van der Waals surface area contributed by atoms with E-state index in [9.17, 15) is 26.3 Å². The molecule has 0 bridgehead atoms. The molecule has 0 aliphatic carbocycles. The van der Waals surface area contributed by atoms with Crippen molar-refractivity contribution in [3.05, 3.63) is 34.3 Å². The molecule has 1 aromatic rings. The molecule has 0 amide bonds. The average molecular weight is 306 g/mol. The maximum Gasteiger partial charge on any atom is 0.417 e. The van der Waals surface area contributed by atoms with Gasteiger partial charge in [-0.25, -0.2) is 0 Å². The van der Waals surface area contributed by atoms with Gasteiger partial charge in [-0.05, 0) is 18.1 Å². The first-order chi connectivity index (χ1) is 8.52. The van der Waals surface area contributed by atoms with E-state index in [-0.39, 0.29) is 5.56 Å². The minimum atomic E-state index is -4.67. The minimum absolute atomic E-state index is 0.138. The Labute approximate surface area is 110 Å². The van der Waals surface area contributed by atoms with Gasteiger partial charge in [0.2, 0.25) is 0 Å². The van der Waals surface area contributed by atoms with Crippen LogP contribution in [0.5, 0.6) is 0 Å². The van der Waals surface area contributed by atoms with Crippen molar-refractivity contribution in [3.63, 3.8) is 0 Å². The fourth-order valence-corrected chi connectivity index (χ4v) is 1.90. The Hall–Kier alpha value is -0.950. The second kappa shape index (κ2) is 5.58. The van der Waals surface area contributed by atoms with Crippen molar-refractivity contribution in [2.45, 2.75) is 31.2 Å². The van der Waals surface area contributed by atoms with Crippen LogP contribution < -0.4 is 5.73 Å². The third kappa shape index (κ3) is 4.58. The molecule has 0 aliphatic heterocycles. The smallest absolute Gasteiger partial charge is 0.324 e. The molecule has 108 valence electrons. The largest absolute Gasteiger partial charge is 0.417 e. The van der Waals surface area contributed by atoms with Crippen LogP contribution in [0.2, 0.25) is 5.02 Å². The summed E-state index contributed by atoms with van der Waals surface area (Å²) < 4.78 is 73.8. The monoisotopic (exact) mass is 305 g/mol. The lowest BCUT2D eigenvalue weighted by molar-refractivity contribution is -0.138. The lowest BCUT2D eigenvalue weighted by Crippen LogP contribution is -2.17. The van der Waals surface area contributed by atoms with Crippen LogP contribution in [0.4, 0.5) is 26.3 Å². The summed E-state index contributed by atoms with van der Waals surface area (Å²) >= 11 is 5.56. The van der Waals surface area contributed by atoms with Crippen molar-refractivity contribution in [2.24, 2.45) is 5.73 Å². The standard InChI is InChI=1S/C11H10ClF6N/c12-9-6(8(19)4-5-10(13,14)15)2-1-3-7(9)11(16,17)18/h1-3,8H,4-5,19H2/t8-/m0/s1. The molecule has 0 aliphatic rings. The van der Waals surface area contributed by atoms with E-state index in [0.29, 0.717) is 0 Å². The van der Waals surface area contributed by atoms with Gasteiger partial charge in [-0.15, -0.1) is 0 Å². The first-order valence-corrected chi connectivity index (χ1v) is 5.58. The second-order valence-corrected chi connectivity index (χ2v) is 4.34. The molecule has 0 radical (unpaired) electrons. The zero-order valence-electron chi connectivity index (χ0n) is 9.45. The number of benzene rings is 1. The highest BCUT2D eigenvalue weighted by Crippen LogP contribution is 2.38. The van der Waals surface area contributed by atoms with Crippen molar-refractivity contribution in [3.8, 4) is 0 Å². The minimum Gasteiger partial charge on any atom is -0.324 e. The lowest BCUT2D eigenvalue weighted by atomic mass is 10.00. The van der Waals surface area contributed by atoms with Gasteiger partial charge in [0.15, 0.2) is 0 Å². The summed E-state index contributed by atoms with van der Waals surface area (Å²) in [5, 5.41) is -0.648. The normalized spacial score (nSPS) is 14.5. The van der Waals surface area contributed by atoms with Gasteiger partial charge in [0.25, 0.3) is 0 Å². The van der Waals surface area contributed by atoms with Gasteiger partial charge in [0, 0.05) is 12.5 Å². The van der Waals surface area contributed by atoms with Crippen LogP contribution in [-0.4, -0.2) is 6.18 Å². The topological polar surface area (TPSA) is 26.0 Å². The molecule has 0 fully saturated rings. The SMILES string of the molecule is N[C@@H](CCC(F)(F)F)c1cccc(C(F)(F)F)c1Cl. The molecule has 0 aromatic heterocycles. The summed E-state index contributed by atoms with van der Waals surface area (Å²) in [6.45, 7) is 0. The lowest BCUT2D eigenvalue weighted by Gasteiger charge is -2.18. The number of hydrogen-bond acceptors (Lipinski definition) is 1. The molecule has 0 saturated heterocycles. The maximum atomic E-state index is 12.6. The Morgan fingerprint density at radius 2 is 1.68 bits per heavy atom. The summed E-state index contributed by atoms with van der Waals surface area (Å²) in [7, 11) is 0. The summed E-state index contributed by atoms with van der Waals surface area (Å²) in [6, 6.07) is 1.81. The highest BCUT2D eigenvalue weighted by molar-refractivity contribution is 6.32. The van der Waals surface area contributed by atoms with Gasteiger partial charge in [-0.3, -0.25) is 0 Å². The van der Waals surface area contributed by atoms with E-state index < -0.39 is 41.8 Å². The second-order valence-electron chi connectivity index (χ2n) is 3.97. The Morgan fingerprint density at radius 3 is 2.16 bits per heavy atom. The summed E-state index contributed by atoms with van der Waals surface area (Å²) in [5.41, 5.74) is 4.22. The van der Waals surface area contributed by atoms with Crippen LogP contribution in [0.1, 0.15) is 30.0 Å². The molecule has 1 nitrogen and oxygen atoms in total. The van der Waals surface area contributed by atoms with E-state index in [1.54, 1.807) is 0 Å². The average Bonchev–Trinajstić information content (AvgIpc) is 2.23. The van der Waals surface area contributed by atoms with Gasteiger partial charge >= 0.3 is 12.4 Å². The molecular weight excluding hydrogens is 296 g/mol. The fourth-order valence-electron chi connectivity index (χ4n) is 1.53. The fraction of sp³-hybridized carbons (Fsp3) is 0.455. The van der Waals surface area contributed by atoms with E-state index in [2.05, 4.69) is 0 Å². The zero-order chi connectivity index (χ0) is 14.8. The molecule has 0 saturated carbocycles. The van der Waals surface area contributed by atoms with Crippen LogP contribution in [0.25, 0.3) is 0 Å². The van der Waals surface area contributed by atoms with Gasteiger partial charge < -0.3 is 5.73 Å².